The number of nitrogens with one attached hydrogen (secondary N) is 1. The Kier molecular flexibility index (Phi) is 9.37. The van der Waals surface area contributed by atoms with Gasteiger partial charge in [-0.2, -0.15) is 0 Å². The van der Waals surface area contributed by atoms with Crippen LogP contribution in [0, 0.1) is 13.8 Å². The first-order valence-electron chi connectivity index (χ1n) is 12.3. The summed E-state index contributed by atoms with van der Waals surface area (Å²) in [6.45, 7) is 6.12. The SMILES string of the molecule is CC[C@H](C(=O)NC1CCCCC1)N(Cc1cccc(OC)c1)C(=O)COc1ccc(C)cc1C. The van der Waals surface area contributed by atoms with Crippen LogP contribution in [0.5, 0.6) is 11.5 Å². The molecule has 0 heterocycles. The molecule has 2 aromatic carbocycles. The smallest absolute Gasteiger partial charge is 0.261 e. The first-order chi connectivity index (χ1) is 16.4. The zero-order valence-electron chi connectivity index (χ0n) is 20.9. The summed E-state index contributed by atoms with van der Waals surface area (Å²) >= 11 is 0. The van der Waals surface area contributed by atoms with E-state index in [1.54, 1.807) is 12.0 Å². The molecule has 3 rings (SSSR count). The lowest BCUT2D eigenvalue weighted by Crippen LogP contribution is -2.52. The third kappa shape index (κ3) is 6.99. The Hall–Kier alpha value is -3.02. The number of amides is 2. The molecule has 0 saturated heterocycles. The third-order valence-corrected chi connectivity index (χ3v) is 6.51. The number of rotatable bonds is 10. The number of aryl methyl sites for hydroxylation is 2. The molecule has 2 aromatic rings. The van der Waals surface area contributed by atoms with Crippen LogP contribution in [-0.2, 0) is 16.1 Å². The minimum absolute atomic E-state index is 0.0860. The van der Waals surface area contributed by atoms with Crippen LogP contribution >= 0.6 is 0 Å². The van der Waals surface area contributed by atoms with Crippen molar-refractivity contribution in [2.24, 2.45) is 0 Å². The highest BCUT2D eigenvalue weighted by Gasteiger charge is 2.30. The number of ether oxygens (including phenoxy) is 2. The van der Waals surface area contributed by atoms with Crippen LogP contribution < -0.4 is 14.8 Å². The van der Waals surface area contributed by atoms with Crippen molar-refractivity contribution in [3.63, 3.8) is 0 Å². The summed E-state index contributed by atoms with van der Waals surface area (Å²) in [4.78, 5) is 28.4. The molecule has 0 aliphatic heterocycles. The molecule has 1 aliphatic rings. The van der Waals surface area contributed by atoms with E-state index in [-0.39, 0.29) is 24.5 Å². The van der Waals surface area contributed by atoms with Gasteiger partial charge in [0.15, 0.2) is 6.61 Å². The van der Waals surface area contributed by atoms with Crippen LogP contribution in [0.2, 0.25) is 0 Å². The second-order valence-corrected chi connectivity index (χ2v) is 9.20. The number of hydrogen-bond acceptors (Lipinski definition) is 4. The van der Waals surface area contributed by atoms with Gasteiger partial charge in [-0.3, -0.25) is 9.59 Å². The van der Waals surface area contributed by atoms with Crippen molar-refractivity contribution < 1.29 is 19.1 Å². The van der Waals surface area contributed by atoms with Gasteiger partial charge in [-0.05, 0) is 62.4 Å². The molecule has 0 spiro atoms. The molecule has 1 atom stereocenters. The highest BCUT2D eigenvalue weighted by molar-refractivity contribution is 5.88. The van der Waals surface area contributed by atoms with Crippen LogP contribution in [0.3, 0.4) is 0 Å². The summed E-state index contributed by atoms with van der Waals surface area (Å²) in [6, 6.07) is 13.1. The van der Waals surface area contributed by atoms with E-state index < -0.39 is 6.04 Å². The minimum atomic E-state index is -0.566. The molecule has 2 amide bonds. The van der Waals surface area contributed by atoms with Crippen molar-refractivity contribution in [3.05, 3.63) is 59.2 Å². The van der Waals surface area contributed by atoms with Gasteiger partial charge < -0.3 is 19.7 Å². The van der Waals surface area contributed by atoms with Gasteiger partial charge in [-0.15, -0.1) is 0 Å². The van der Waals surface area contributed by atoms with Crippen molar-refractivity contribution in [1.82, 2.24) is 10.2 Å². The number of hydrogen-bond donors (Lipinski definition) is 1. The molecule has 6 heteroatoms. The van der Waals surface area contributed by atoms with Gasteiger partial charge in [0.25, 0.3) is 5.91 Å². The zero-order chi connectivity index (χ0) is 24.5. The second-order valence-electron chi connectivity index (χ2n) is 9.20. The van der Waals surface area contributed by atoms with E-state index in [0.717, 1.165) is 48.1 Å². The van der Waals surface area contributed by atoms with Crippen LogP contribution in [-0.4, -0.2) is 42.5 Å². The summed E-state index contributed by atoms with van der Waals surface area (Å²) in [5.74, 6) is 1.10. The fourth-order valence-corrected chi connectivity index (χ4v) is 4.61. The molecule has 0 aromatic heterocycles. The van der Waals surface area contributed by atoms with E-state index in [2.05, 4.69) is 5.32 Å². The number of carbonyl (C=O) groups excluding carboxylic acids is 2. The molecule has 34 heavy (non-hydrogen) atoms. The molecule has 1 fully saturated rings. The lowest BCUT2D eigenvalue weighted by molar-refractivity contribution is -0.143. The van der Waals surface area contributed by atoms with Gasteiger partial charge in [-0.25, -0.2) is 0 Å². The monoisotopic (exact) mass is 466 g/mol. The van der Waals surface area contributed by atoms with Gasteiger partial charge in [-0.1, -0.05) is 56.0 Å². The Bertz CT molecular complexity index is 969. The highest BCUT2D eigenvalue weighted by atomic mass is 16.5. The minimum Gasteiger partial charge on any atom is -0.497 e. The maximum absolute atomic E-state index is 13.4. The number of benzene rings is 2. The van der Waals surface area contributed by atoms with E-state index in [0.29, 0.717) is 18.7 Å². The molecule has 0 radical (unpaired) electrons. The first kappa shape index (κ1) is 25.6. The molecular formula is C28H38N2O4. The fourth-order valence-electron chi connectivity index (χ4n) is 4.61. The molecule has 1 aliphatic carbocycles. The van der Waals surface area contributed by atoms with Gasteiger partial charge in [0.05, 0.1) is 7.11 Å². The van der Waals surface area contributed by atoms with Gasteiger partial charge in [0.1, 0.15) is 17.5 Å². The average molecular weight is 467 g/mol. The molecule has 0 unspecified atom stereocenters. The number of methoxy groups -OCH3 is 1. The van der Waals surface area contributed by atoms with Crippen molar-refractivity contribution in [2.45, 2.75) is 77.9 Å². The van der Waals surface area contributed by atoms with Crippen LogP contribution in [0.15, 0.2) is 42.5 Å². The van der Waals surface area contributed by atoms with Gasteiger partial charge >= 0.3 is 0 Å². The van der Waals surface area contributed by atoms with Crippen LogP contribution in [0.4, 0.5) is 0 Å². The summed E-state index contributed by atoms with van der Waals surface area (Å²) in [6.07, 6.45) is 6.02. The van der Waals surface area contributed by atoms with Crippen LogP contribution in [0.25, 0.3) is 0 Å². The molecule has 0 bridgehead atoms. The maximum Gasteiger partial charge on any atom is 0.261 e. The van der Waals surface area contributed by atoms with E-state index in [1.807, 2.05) is 63.2 Å². The van der Waals surface area contributed by atoms with Crippen molar-refractivity contribution in [3.8, 4) is 11.5 Å². The van der Waals surface area contributed by atoms with E-state index >= 15 is 0 Å². The fraction of sp³-hybridized carbons (Fsp3) is 0.500. The maximum atomic E-state index is 13.4. The quantitative estimate of drug-likeness (QED) is 0.538. The highest BCUT2D eigenvalue weighted by Crippen LogP contribution is 2.22. The predicted octanol–water partition coefficient (Wildman–Crippen LogP) is 4.95. The Morgan fingerprint density at radius 3 is 2.53 bits per heavy atom. The molecular weight excluding hydrogens is 428 g/mol. The van der Waals surface area contributed by atoms with Gasteiger partial charge in [0.2, 0.25) is 5.91 Å². The molecule has 1 N–H and O–H groups in total. The third-order valence-electron chi connectivity index (χ3n) is 6.51. The predicted molar refractivity (Wildman–Crippen MR) is 134 cm³/mol. The van der Waals surface area contributed by atoms with Gasteiger partial charge in [0, 0.05) is 12.6 Å². The summed E-state index contributed by atoms with van der Waals surface area (Å²) in [5, 5.41) is 3.20. The largest absolute Gasteiger partial charge is 0.497 e. The van der Waals surface area contributed by atoms with E-state index in [1.165, 1.54) is 6.42 Å². The van der Waals surface area contributed by atoms with Crippen molar-refractivity contribution >= 4 is 11.8 Å². The Morgan fingerprint density at radius 1 is 1.09 bits per heavy atom. The standard InChI is InChI=1S/C28H38N2O4/c1-5-25(28(32)29-23-11-7-6-8-12-23)30(18-22-10-9-13-24(17-22)33-4)27(31)19-34-26-15-14-20(2)16-21(26)3/h9-10,13-17,23,25H,5-8,11-12,18-19H2,1-4H3,(H,29,32)/t25-/m1/s1. The van der Waals surface area contributed by atoms with Crippen molar-refractivity contribution in [1.29, 1.82) is 0 Å². The second kappa shape index (κ2) is 12.4. The lowest BCUT2D eigenvalue weighted by atomic mass is 9.95. The molecule has 6 nitrogen and oxygen atoms in total. The van der Waals surface area contributed by atoms with Crippen molar-refractivity contribution in [2.75, 3.05) is 13.7 Å². The average Bonchev–Trinajstić information content (AvgIpc) is 2.84. The zero-order valence-corrected chi connectivity index (χ0v) is 20.9. The lowest BCUT2D eigenvalue weighted by Gasteiger charge is -2.32. The molecule has 1 saturated carbocycles. The first-order valence-corrected chi connectivity index (χ1v) is 12.3. The number of nitrogens with zero attached hydrogens (tertiary/aromatic N) is 1. The number of carbonyl (C=O) groups is 2. The summed E-state index contributed by atoms with van der Waals surface area (Å²) in [5.41, 5.74) is 3.03. The Labute approximate surface area is 203 Å². The summed E-state index contributed by atoms with van der Waals surface area (Å²) < 4.78 is 11.2. The summed E-state index contributed by atoms with van der Waals surface area (Å²) in [7, 11) is 1.62. The molecule has 184 valence electrons. The normalized spacial score (nSPS) is 14.8. The Morgan fingerprint density at radius 2 is 1.85 bits per heavy atom. The van der Waals surface area contributed by atoms with E-state index in [9.17, 15) is 9.59 Å². The Balaban J connectivity index is 1.78. The topological polar surface area (TPSA) is 67.9 Å². The van der Waals surface area contributed by atoms with Crippen LogP contribution in [0.1, 0.15) is 62.1 Å². The van der Waals surface area contributed by atoms with E-state index in [4.69, 9.17) is 9.47 Å².